The molecule has 0 saturated carbocycles. The van der Waals surface area contributed by atoms with Gasteiger partial charge in [-0.05, 0) is 55.2 Å². The Bertz CT molecular complexity index is 1130. The van der Waals surface area contributed by atoms with Gasteiger partial charge in [0.15, 0.2) is 0 Å². The minimum Gasteiger partial charge on any atom is -0.351 e. The maximum atomic E-state index is 13.3. The van der Waals surface area contributed by atoms with Crippen molar-refractivity contribution >= 4 is 17.3 Å². The first kappa shape index (κ1) is 22.0. The van der Waals surface area contributed by atoms with Crippen LogP contribution in [-0.2, 0) is 17.1 Å². The van der Waals surface area contributed by atoms with E-state index >= 15 is 0 Å². The first-order chi connectivity index (χ1) is 14.9. The van der Waals surface area contributed by atoms with E-state index in [9.17, 15) is 31.1 Å². The first-order valence-electron chi connectivity index (χ1n) is 9.85. The SMILES string of the molecule is CC1CC=C2C(=C(Nc3cccc(C(F)(F)F)c3)C(=O)N2c2cccc(C(F)(F)F)c2)C1. The van der Waals surface area contributed by atoms with Crippen molar-refractivity contribution in [3.8, 4) is 0 Å². The lowest BCUT2D eigenvalue weighted by Gasteiger charge is -2.25. The quantitative estimate of drug-likeness (QED) is 0.523. The number of nitrogens with zero attached hydrogens (tertiary/aromatic N) is 1. The van der Waals surface area contributed by atoms with Crippen LogP contribution < -0.4 is 10.2 Å². The van der Waals surface area contributed by atoms with Crippen LogP contribution in [0.25, 0.3) is 0 Å². The third-order valence-electron chi connectivity index (χ3n) is 5.43. The molecule has 1 aliphatic heterocycles. The number of allylic oxidation sites excluding steroid dienone is 2. The zero-order valence-electron chi connectivity index (χ0n) is 16.8. The Kier molecular flexibility index (Phi) is 5.30. The summed E-state index contributed by atoms with van der Waals surface area (Å²) in [6.45, 7) is 1.96. The van der Waals surface area contributed by atoms with E-state index in [2.05, 4.69) is 5.32 Å². The van der Waals surface area contributed by atoms with Crippen LogP contribution in [0.15, 0.2) is 71.6 Å². The predicted octanol–water partition coefficient (Wildman–Crippen LogP) is 6.75. The molecule has 1 unspecified atom stereocenters. The number of carbonyl (C=O) groups is 1. The zero-order chi connectivity index (χ0) is 23.3. The molecular formula is C23H18F6N2O. The Hall–Kier alpha value is -3.23. The third-order valence-corrected chi connectivity index (χ3v) is 5.43. The minimum atomic E-state index is -4.58. The van der Waals surface area contributed by atoms with Gasteiger partial charge < -0.3 is 5.32 Å². The van der Waals surface area contributed by atoms with Crippen LogP contribution in [0.4, 0.5) is 37.7 Å². The second-order valence-corrected chi connectivity index (χ2v) is 7.88. The molecule has 2 aromatic rings. The highest BCUT2D eigenvalue weighted by molar-refractivity contribution is 6.15. The molecule has 168 valence electrons. The number of anilines is 2. The fourth-order valence-corrected chi connectivity index (χ4v) is 3.90. The van der Waals surface area contributed by atoms with E-state index in [1.807, 2.05) is 6.92 Å². The van der Waals surface area contributed by atoms with Gasteiger partial charge in [0.05, 0.1) is 16.8 Å². The molecule has 0 fully saturated rings. The van der Waals surface area contributed by atoms with Crippen LogP contribution in [0, 0.1) is 5.92 Å². The van der Waals surface area contributed by atoms with E-state index < -0.39 is 29.4 Å². The number of nitrogens with one attached hydrogen (secondary N) is 1. The van der Waals surface area contributed by atoms with Crippen molar-refractivity contribution in [3.05, 3.63) is 82.7 Å². The summed E-state index contributed by atoms with van der Waals surface area (Å²) in [5.41, 5.74) is -0.553. The normalized spacial score (nSPS) is 19.2. The van der Waals surface area contributed by atoms with E-state index in [0.717, 1.165) is 24.3 Å². The largest absolute Gasteiger partial charge is 0.416 e. The maximum Gasteiger partial charge on any atom is 0.416 e. The van der Waals surface area contributed by atoms with Crippen molar-refractivity contribution in [1.29, 1.82) is 0 Å². The van der Waals surface area contributed by atoms with Gasteiger partial charge in [-0.2, -0.15) is 26.3 Å². The number of amides is 1. The van der Waals surface area contributed by atoms with E-state index in [1.165, 1.54) is 29.2 Å². The second kappa shape index (κ2) is 7.72. The molecule has 1 atom stereocenters. The molecule has 0 aromatic heterocycles. The fourth-order valence-electron chi connectivity index (χ4n) is 3.90. The van der Waals surface area contributed by atoms with Crippen molar-refractivity contribution in [2.24, 2.45) is 5.92 Å². The highest BCUT2D eigenvalue weighted by atomic mass is 19.4. The molecule has 1 aliphatic carbocycles. The molecule has 9 heteroatoms. The average Bonchev–Trinajstić information content (AvgIpc) is 2.98. The van der Waals surface area contributed by atoms with Gasteiger partial charge in [0.1, 0.15) is 5.70 Å². The van der Waals surface area contributed by atoms with Gasteiger partial charge in [-0.15, -0.1) is 0 Å². The summed E-state index contributed by atoms with van der Waals surface area (Å²) in [6.07, 6.45) is -6.26. The molecule has 1 amide bonds. The Morgan fingerprint density at radius 3 is 2.22 bits per heavy atom. The van der Waals surface area contributed by atoms with Crippen molar-refractivity contribution in [2.75, 3.05) is 10.2 Å². The van der Waals surface area contributed by atoms with Crippen molar-refractivity contribution in [3.63, 3.8) is 0 Å². The third kappa shape index (κ3) is 4.11. The number of fused-ring (bicyclic) bond motifs is 1. The molecule has 0 saturated heterocycles. The number of alkyl halides is 6. The summed E-state index contributed by atoms with van der Waals surface area (Å²) in [6, 6.07) is 8.86. The lowest BCUT2D eigenvalue weighted by Crippen LogP contribution is -2.28. The summed E-state index contributed by atoms with van der Waals surface area (Å²) < 4.78 is 78.8. The Morgan fingerprint density at radius 2 is 1.56 bits per heavy atom. The number of carbonyl (C=O) groups excluding carboxylic acids is 1. The van der Waals surface area contributed by atoms with Crippen molar-refractivity contribution in [1.82, 2.24) is 0 Å². The van der Waals surface area contributed by atoms with E-state index in [-0.39, 0.29) is 23.0 Å². The number of hydrogen-bond acceptors (Lipinski definition) is 2. The van der Waals surface area contributed by atoms with Gasteiger partial charge >= 0.3 is 12.4 Å². The molecule has 1 N–H and O–H groups in total. The van der Waals surface area contributed by atoms with Gasteiger partial charge in [0.2, 0.25) is 0 Å². The van der Waals surface area contributed by atoms with Gasteiger partial charge in [-0.3, -0.25) is 9.69 Å². The number of benzene rings is 2. The smallest absolute Gasteiger partial charge is 0.351 e. The summed E-state index contributed by atoms with van der Waals surface area (Å²) in [7, 11) is 0. The van der Waals surface area contributed by atoms with Gasteiger partial charge in [-0.1, -0.05) is 25.1 Å². The zero-order valence-corrected chi connectivity index (χ0v) is 16.8. The number of halogens is 6. The van der Waals surface area contributed by atoms with E-state index in [1.54, 1.807) is 6.08 Å². The molecule has 0 radical (unpaired) electrons. The molecule has 0 spiro atoms. The minimum absolute atomic E-state index is 0.0453. The summed E-state index contributed by atoms with van der Waals surface area (Å²) in [4.78, 5) is 14.5. The number of hydrogen-bond donors (Lipinski definition) is 1. The lowest BCUT2D eigenvalue weighted by atomic mass is 9.90. The monoisotopic (exact) mass is 452 g/mol. The molecular weight excluding hydrogens is 434 g/mol. The van der Waals surface area contributed by atoms with Crippen molar-refractivity contribution in [2.45, 2.75) is 32.1 Å². The molecule has 2 aliphatic rings. The molecule has 2 aromatic carbocycles. The van der Waals surface area contributed by atoms with Crippen molar-refractivity contribution < 1.29 is 31.1 Å². The Morgan fingerprint density at radius 1 is 0.938 bits per heavy atom. The topological polar surface area (TPSA) is 32.3 Å². The van der Waals surface area contributed by atoms with E-state index in [4.69, 9.17) is 0 Å². The van der Waals surface area contributed by atoms with Crippen LogP contribution in [0.2, 0.25) is 0 Å². The highest BCUT2D eigenvalue weighted by Crippen LogP contribution is 2.43. The summed E-state index contributed by atoms with van der Waals surface area (Å²) >= 11 is 0. The molecule has 32 heavy (non-hydrogen) atoms. The maximum absolute atomic E-state index is 13.3. The first-order valence-corrected chi connectivity index (χ1v) is 9.85. The van der Waals surface area contributed by atoms with Crippen LogP contribution in [-0.4, -0.2) is 5.91 Å². The second-order valence-electron chi connectivity index (χ2n) is 7.88. The van der Waals surface area contributed by atoms with Crippen LogP contribution >= 0.6 is 0 Å². The van der Waals surface area contributed by atoms with Gasteiger partial charge in [0, 0.05) is 16.9 Å². The predicted molar refractivity (Wildman–Crippen MR) is 108 cm³/mol. The summed E-state index contributed by atoms with van der Waals surface area (Å²) in [5.74, 6) is -0.446. The molecule has 4 rings (SSSR count). The van der Waals surface area contributed by atoms with Crippen LogP contribution in [0.5, 0.6) is 0 Å². The molecule has 3 nitrogen and oxygen atoms in total. The fraction of sp³-hybridized carbons (Fsp3) is 0.261. The van der Waals surface area contributed by atoms with Crippen LogP contribution in [0.3, 0.4) is 0 Å². The highest BCUT2D eigenvalue weighted by Gasteiger charge is 2.40. The standard InChI is InChI=1S/C23H18F6N2O/c1-13-8-9-19-18(10-13)20(30-16-6-2-4-14(11-16)22(24,25)26)21(32)31(19)17-7-3-5-15(12-17)23(27,28)29/h2-7,9,11-13,30H,8,10H2,1H3. The van der Waals surface area contributed by atoms with Gasteiger partial charge in [-0.25, -0.2) is 0 Å². The average molecular weight is 452 g/mol. The Labute approximate surface area is 180 Å². The van der Waals surface area contributed by atoms with Gasteiger partial charge in [0.25, 0.3) is 5.91 Å². The number of rotatable bonds is 3. The van der Waals surface area contributed by atoms with Crippen LogP contribution in [0.1, 0.15) is 30.9 Å². The molecule has 1 heterocycles. The summed E-state index contributed by atoms with van der Waals surface area (Å²) in [5, 5.41) is 2.79. The Balaban J connectivity index is 1.74. The molecule has 0 bridgehead atoms. The van der Waals surface area contributed by atoms with E-state index in [0.29, 0.717) is 24.1 Å². The lowest BCUT2D eigenvalue weighted by molar-refractivity contribution is -0.138.